The summed E-state index contributed by atoms with van der Waals surface area (Å²) in [5.41, 5.74) is -4.65. The average Bonchev–Trinajstić information content (AvgIpc) is 3.30. The lowest BCUT2D eigenvalue weighted by Gasteiger charge is -2.32. The summed E-state index contributed by atoms with van der Waals surface area (Å²) in [4.78, 5) is 15.6. The number of oxazole rings is 1. The second kappa shape index (κ2) is 8.40. The third kappa shape index (κ3) is 4.11. The van der Waals surface area contributed by atoms with Gasteiger partial charge in [-0.2, -0.15) is 26.3 Å². The second-order valence-electron chi connectivity index (χ2n) is 8.26. The van der Waals surface area contributed by atoms with Crippen LogP contribution in [0.3, 0.4) is 0 Å². The number of hydrogen-bond acceptors (Lipinski definition) is 4. The lowest BCUT2D eigenvalue weighted by Crippen LogP contribution is -2.53. The maximum atomic E-state index is 13.3. The van der Waals surface area contributed by atoms with E-state index in [1.807, 2.05) is 0 Å². The van der Waals surface area contributed by atoms with Crippen molar-refractivity contribution in [1.82, 2.24) is 9.55 Å². The number of aromatic nitrogens is 2. The highest BCUT2D eigenvalue weighted by molar-refractivity contribution is 5.89. The van der Waals surface area contributed by atoms with Gasteiger partial charge in [0.15, 0.2) is 0 Å². The first kappa shape index (κ1) is 25.3. The molecule has 2 aromatic heterocycles. The molecule has 0 unspecified atom stereocenters. The Balaban J connectivity index is 1.73. The average molecular weight is 512 g/mol. The number of aryl methyl sites for hydroxylation is 2. The number of benzene rings is 2. The van der Waals surface area contributed by atoms with Crippen molar-refractivity contribution in [1.29, 1.82) is 0 Å². The zero-order valence-corrected chi connectivity index (χ0v) is 18.7. The number of aromatic carboxylic acids is 1. The third-order valence-electron chi connectivity index (χ3n) is 5.90. The molecular weight excluding hydrogens is 494 g/mol. The third-order valence-corrected chi connectivity index (χ3v) is 5.90. The molecule has 2 aromatic carbocycles. The summed E-state index contributed by atoms with van der Waals surface area (Å²) in [6, 6.07) is 9.67. The molecular formula is C24H18F6N2O4. The molecule has 4 aromatic rings. The minimum atomic E-state index is -5.98. The topological polar surface area (TPSA) is 88.5 Å². The predicted molar refractivity (Wildman–Crippen MR) is 115 cm³/mol. The Morgan fingerprint density at radius 2 is 1.67 bits per heavy atom. The Bertz CT molecular complexity index is 1450. The van der Waals surface area contributed by atoms with Crippen LogP contribution in [0.25, 0.3) is 22.4 Å². The number of carboxylic acid groups (broad SMARTS) is 1. The Morgan fingerprint density at radius 1 is 1.00 bits per heavy atom. The molecule has 0 aliphatic heterocycles. The van der Waals surface area contributed by atoms with E-state index in [-0.39, 0.29) is 23.4 Å². The summed E-state index contributed by atoms with van der Waals surface area (Å²) in [6.07, 6.45) is -12.0. The van der Waals surface area contributed by atoms with E-state index < -0.39 is 29.5 Å². The Morgan fingerprint density at radius 3 is 2.28 bits per heavy atom. The minimum absolute atomic E-state index is 0.0330. The van der Waals surface area contributed by atoms with Crippen LogP contribution in [0.1, 0.15) is 33.1 Å². The monoisotopic (exact) mass is 512 g/mol. The van der Waals surface area contributed by atoms with Crippen LogP contribution >= 0.6 is 0 Å². The number of rotatable bonds is 5. The smallest absolute Gasteiger partial charge is 0.430 e. The van der Waals surface area contributed by atoms with Gasteiger partial charge in [0.1, 0.15) is 11.5 Å². The van der Waals surface area contributed by atoms with E-state index in [1.54, 1.807) is 24.5 Å². The molecule has 2 heterocycles. The fourth-order valence-electron chi connectivity index (χ4n) is 3.97. The van der Waals surface area contributed by atoms with E-state index in [0.717, 1.165) is 6.07 Å². The standard InChI is InChI=1S/C24H18F6N2O4/c1-12-8-16-10-17(22(35,23(25,26)27)24(28,29)30)6-7-19(16)32(12)11-18-13(2)36-20(31-18)14-4-3-5-15(9-14)21(33)34/h3-10,35H,11H2,1-2H3,(H,33,34). The van der Waals surface area contributed by atoms with Crippen LogP contribution in [0.15, 0.2) is 52.9 Å². The van der Waals surface area contributed by atoms with Crippen molar-refractivity contribution >= 4 is 16.9 Å². The molecule has 4 rings (SSSR count). The molecule has 0 saturated carbocycles. The number of alkyl halides is 6. The van der Waals surface area contributed by atoms with Gasteiger partial charge in [-0.3, -0.25) is 0 Å². The fourth-order valence-corrected chi connectivity index (χ4v) is 3.97. The van der Waals surface area contributed by atoms with E-state index >= 15 is 0 Å². The van der Waals surface area contributed by atoms with Crippen molar-refractivity contribution in [2.24, 2.45) is 0 Å². The van der Waals surface area contributed by atoms with Gasteiger partial charge in [-0.15, -0.1) is 0 Å². The number of carboxylic acids is 1. The highest BCUT2D eigenvalue weighted by atomic mass is 19.4. The minimum Gasteiger partial charge on any atom is -0.478 e. The van der Waals surface area contributed by atoms with Gasteiger partial charge in [-0.25, -0.2) is 9.78 Å². The van der Waals surface area contributed by atoms with Gasteiger partial charge in [-0.1, -0.05) is 12.1 Å². The van der Waals surface area contributed by atoms with Gasteiger partial charge >= 0.3 is 18.3 Å². The number of carbonyl (C=O) groups is 1. The van der Waals surface area contributed by atoms with Gasteiger partial charge in [0.2, 0.25) is 5.89 Å². The fraction of sp³-hybridized carbons (Fsp3) is 0.250. The summed E-state index contributed by atoms with van der Waals surface area (Å²) in [5.74, 6) is -0.577. The summed E-state index contributed by atoms with van der Waals surface area (Å²) in [5, 5.41) is 19.0. The van der Waals surface area contributed by atoms with E-state index in [1.165, 1.54) is 24.3 Å². The molecule has 0 amide bonds. The second-order valence-corrected chi connectivity index (χ2v) is 8.26. The molecule has 0 saturated heterocycles. The predicted octanol–water partition coefficient (Wildman–Crippen LogP) is 5.97. The normalized spacial score (nSPS) is 12.9. The van der Waals surface area contributed by atoms with Crippen LogP contribution in [0.2, 0.25) is 0 Å². The van der Waals surface area contributed by atoms with Crippen LogP contribution in [-0.4, -0.2) is 38.1 Å². The molecule has 0 fully saturated rings. The number of fused-ring (bicyclic) bond motifs is 1. The molecule has 0 radical (unpaired) electrons. The van der Waals surface area contributed by atoms with Crippen LogP contribution in [-0.2, 0) is 12.1 Å². The SMILES string of the molecule is Cc1oc(-c2cccc(C(=O)O)c2)nc1Cn1c(C)cc2cc(C(O)(C(F)(F)F)C(F)(F)F)ccc21. The molecule has 0 aliphatic carbocycles. The molecule has 190 valence electrons. The first-order chi connectivity index (χ1) is 16.6. The zero-order chi connectivity index (χ0) is 26.6. The Kier molecular flexibility index (Phi) is 5.90. The summed E-state index contributed by atoms with van der Waals surface area (Å²) < 4.78 is 87.0. The Labute approximate surface area is 199 Å². The van der Waals surface area contributed by atoms with Crippen molar-refractivity contribution in [3.05, 3.63) is 76.8 Å². The summed E-state index contributed by atoms with van der Waals surface area (Å²) >= 11 is 0. The van der Waals surface area contributed by atoms with Gasteiger partial charge in [0, 0.05) is 27.7 Å². The molecule has 0 aliphatic rings. The summed E-state index contributed by atoms with van der Waals surface area (Å²) in [7, 11) is 0. The van der Waals surface area contributed by atoms with Crippen molar-refractivity contribution in [2.45, 2.75) is 38.3 Å². The van der Waals surface area contributed by atoms with E-state index in [2.05, 4.69) is 4.98 Å². The van der Waals surface area contributed by atoms with Crippen molar-refractivity contribution in [3.63, 3.8) is 0 Å². The van der Waals surface area contributed by atoms with Crippen molar-refractivity contribution in [3.8, 4) is 11.5 Å². The van der Waals surface area contributed by atoms with Crippen LogP contribution in [0.4, 0.5) is 26.3 Å². The molecule has 0 bridgehead atoms. The van der Waals surface area contributed by atoms with Gasteiger partial charge in [0.25, 0.3) is 5.60 Å². The molecule has 0 spiro atoms. The van der Waals surface area contributed by atoms with Crippen molar-refractivity contribution in [2.75, 3.05) is 0 Å². The zero-order valence-electron chi connectivity index (χ0n) is 18.7. The largest absolute Gasteiger partial charge is 0.478 e. The molecule has 36 heavy (non-hydrogen) atoms. The lowest BCUT2D eigenvalue weighted by molar-refractivity contribution is -0.376. The van der Waals surface area contributed by atoms with Gasteiger partial charge < -0.3 is 19.2 Å². The first-order valence-electron chi connectivity index (χ1n) is 10.4. The maximum Gasteiger partial charge on any atom is 0.430 e. The number of hydrogen-bond donors (Lipinski definition) is 2. The Hall–Kier alpha value is -3.80. The van der Waals surface area contributed by atoms with E-state index in [0.29, 0.717) is 40.4 Å². The van der Waals surface area contributed by atoms with Crippen LogP contribution in [0.5, 0.6) is 0 Å². The molecule has 12 heteroatoms. The highest BCUT2D eigenvalue weighted by Gasteiger charge is 2.71. The molecule has 0 atom stereocenters. The number of aliphatic hydroxyl groups is 1. The van der Waals surface area contributed by atoms with Crippen LogP contribution in [0, 0.1) is 13.8 Å². The first-order valence-corrected chi connectivity index (χ1v) is 10.4. The van der Waals surface area contributed by atoms with Gasteiger partial charge in [-0.05, 0) is 50.2 Å². The lowest BCUT2D eigenvalue weighted by atomic mass is 9.91. The van der Waals surface area contributed by atoms with E-state index in [4.69, 9.17) is 4.42 Å². The maximum absolute atomic E-state index is 13.3. The van der Waals surface area contributed by atoms with Gasteiger partial charge in [0.05, 0.1) is 12.1 Å². The summed E-state index contributed by atoms with van der Waals surface area (Å²) in [6.45, 7) is 3.32. The number of halogens is 6. The van der Waals surface area contributed by atoms with E-state index in [9.17, 15) is 41.4 Å². The highest BCUT2D eigenvalue weighted by Crippen LogP contribution is 2.50. The van der Waals surface area contributed by atoms with Crippen LogP contribution < -0.4 is 0 Å². The van der Waals surface area contributed by atoms with Crippen molar-refractivity contribution < 1.29 is 45.8 Å². The molecule has 2 N–H and O–H groups in total. The molecule has 6 nitrogen and oxygen atoms in total. The number of nitrogens with zero attached hydrogens (tertiary/aromatic N) is 2. The quantitative estimate of drug-likeness (QED) is 0.322.